The standard InChI is InChI=1S/C11H17NOS/c1-12-7-10(8-13)9-3-5-11(14-2)6-4-9/h3-6,10,12-13H,7-8H2,1-2H3. The molecule has 0 aliphatic heterocycles. The topological polar surface area (TPSA) is 32.3 Å². The zero-order valence-electron chi connectivity index (χ0n) is 8.66. The van der Waals surface area contributed by atoms with E-state index < -0.39 is 0 Å². The molecule has 1 rings (SSSR count). The second-order valence-electron chi connectivity index (χ2n) is 3.21. The first-order chi connectivity index (χ1) is 6.81. The summed E-state index contributed by atoms with van der Waals surface area (Å²) in [5.74, 6) is 0.205. The lowest BCUT2D eigenvalue weighted by Crippen LogP contribution is -2.19. The van der Waals surface area contributed by atoms with Gasteiger partial charge in [-0.25, -0.2) is 0 Å². The molecule has 0 saturated carbocycles. The Morgan fingerprint density at radius 2 is 2.00 bits per heavy atom. The molecule has 2 N–H and O–H groups in total. The molecule has 0 spiro atoms. The monoisotopic (exact) mass is 211 g/mol. The third-order valence-corrected chi connectivity index (χ3v) is 3.00. The lowest BCUT2D eigenvalue weighted by molar-refractivity contribution is 0.263. The van der Waals surface area contributed by atoms with E-state index in [9.17, 15) is 5.11 Å². The van der Waals surface area contributed by atoms with Gasteiger partial charge in [-0.05, 0) is 31.0 Å². The van der Waals surface area contributed by atoms with Crippen molar-refractivity contribution < 1.29 is 5.11 Å². The molecular formula is C11H17NOS. The van der Waals surface area contributed by atoms with Gasteiger partial charge in [0.2, 0.25) is 0 Å². The lowest BCUT2D eigenvalue weighted by Gasteiger charge is -2.14. The Balaban J connectivity index is 2.73. The summed E-state index contributed by atoms with van der Waals surface area (Å²) in [6, 6.07) is 8.37. The number of thioether (sulfide) groups is 1. The van der Waals surface area contributed by atoms with Crippen molar-refractivity contribution in [3.05, 3.63) is 29.8 Å². The Bertz CT molecular complexity index is 260. The second-order valence-corrected chi connectivity index (χ2v) is 4.09. The average molecular weight is 211 g/mol. The Kier molecular flexibility index (Phi) is 5.01. The number of benzene rings is 1. The summed E-state index contributed by atoms with van der Waals surface area (Å²) in [5, 5.41) is 12.3. The molecule has 2 nitrogen and oxygen atoms in total. The minimum Gasteiger partial charge on any atom is -0.396 e. The Morgan fingerprint density at radius 3 is 2.43 bits per heavy atom. The van der Waals surface area contributed by atoms with E-state index in [1.54, 1.807) is 11.8 Å². The van der Waals surface area contributed by atoms with Gasteiger partial charge in [0.25, 0.3) is 0 Å². The van der Waals surface area contributed by atoms with Crippen LogP contribution in [-0.2, 0) is 0 Å². The van der Waals surface area contributed by atoms with Crippen molar-refractivity contribution in [3.63, 3.8) is 0 Å². The van der Waals surface area contributed by atoms with Crippen LogP contribution in [0.4, 0.5) is 0 Å². The van der Waals surface area contributed by atoms with Crippen molar-refractivity contribution in [2.45, 2.75) is 10.8 Å². The van der Waals surface area contributed by atoms with Gasteiger partial charge in [-0.3, -0.25) is 0 Å². The molecule has 3 heteroatoms. The molecule has 0 aliphatic carbocycles. The van der Waals surface area contributed by atoms with Crippen LogP contribution in [0.5, 0.6) is 0 Å². The average Bonchev–Trinajstić information content (AvgIpc) is 2.26. The summed E-state index contributed by atoms with van der Waals surface area (Å²) >= 11 is 1.73. The number of aliphatic hydroxyl groups is 1. The van der Waals surface area contributed by atoms with Crippen LogP contribution in [0.25, 0.3) is 0 Å². The number of rotatable bonds is 5. The van der Waals surface area contributed by atoms with Crippen molar-refractivity contribution in [2.75, 3.05) is 26.5 Å². The van der Waals surface area contributed by atoms with Crippen LogP contribution in [0.3, 0.4) is 0 Å². The van der Waals surface area contributed by atoms with Gasteiger partial charge in [0.1, 0.15) is 0 Å². The molecule has 78 valence electrons. The van der Waals surface area contributed by atoms with E-state index in [4.69, 9.17) is 0 Å². The maximum Gasteiger partial charge on any atom is 0.0511 e. The first-order valence-corrected chi connectivity index (χ1v) is 5.93. The van der Waals surface area contributed by atoms with Crippen molar-refractivity contribution in [1.82, 2.24) is 5.32 Å². The zero-order chi connectivity index (χ0) is 10.4. The normalized spacial score (nSPS) is 12.8. The molecule has 0 aliphatic rings. The highest BCUT2D eigenvalue weighted by Crippen LogP contribution is 2.19. The summed E-state index contributed by atoms with van der Waals surface area (Å²) in [6.45, 7) is 1.01. The van der Waals surface area contributed by atoms with Gasteiger partial charge in [0.05, 0.1) is 6.61 Å². The van der Waals surface area contributed by atoms with Crippen LogP contribution in [0.2, 0.25) is 0 Å². The molecule has 1 aromatic carbocycles. The largest absolute Gasteiger partial charge is 0.396 e. The van der Waals surface area contributed by atoms with Crippen LogP contribution in [0, 0.1) is 0 Å². The third kappa shape index (κ3) is 3.01. The summed E-state index contributed by atoms with van der Waals surface area (Å²) in [7, 11) is 1.90. The maximum absolute atomic E-state index is 9.19. The summed E-state index contributed by atoms with van der Waals surface area (Å²) in [4.78, 5) is 1.26. The van der Waals surface area contributed by atoms with Crippen molar-refractivity contribution in [3.8, 4) is 0 Å². The number of hydrogen-bond donors (Lipinski definition) is 2. The fourth-order valence-electron chi connectivity index (χ4n) is 1.41. The smallest absolute Gasteiger partial charge is 0.0511 e. The number of hydrogen-bond acceptors (Lipinski definition) is 3. The van der Waals surface area contributed by atoms with Gasteiger partial charge in [-0.2, -0.15) is 0 Å². The Labute approximate surface area is 89.7 Å². The van der Waals surface area contributed by atoms with E-state index in [0.29, 0.717) is 0 Å². The second kappa shape index (κ2) is 6.06. The quantitative estimate of drug-likeness (QED) is 0.727. The van der Waals surface area contributed by atoms with E-state index in [1.807, 2.05) is 7.05 Å². The van der Waals surface area contributed by atoms with Crippen molar-refractivity contribution >= 4 is 11.8 Å². The first kappa shape index (κ1) is 11.6. The molecule has 0 heterocycles. The van der Waals surface area contributed by atoms with Gasteiger partial charge < -0.3 is 10.4 Å². The minimum absolute atomic E-state index is 0.194. The summed E-state index contributed by atoms with van der Waals surface area (Å²) in [5.41, 5.74) is 1.19. The van der Waals surface area contributed by atoms with Crippen molar-refractivity contribution in [1.29, 1.82) is 0 Å². The van der Waals surface area contributed by atoms with Crippen LogP contribution in [0.1, 0.15) is 11.5 Å². The van der Waals surface area contributed by atoms with Gasteiger partial charge in [0, 0.05) is 17.4 Å². The molecule has 0 amide bonds. The molecule has 0 aromatic heterocycles. The van der Waals surface area contributed by atoms with Crippen LogP contribution in [-0.4, -0.2) is 31.6 Å². The lowest BCUT2D eigenvalue weighted by atomic mass is 10.0. The van der Waals surface area contributed by atoms with Gasteiger partial charge in [-0.1, -0.05) is 12.1 Å². The van der Waals surface area contributed by atoms with Crippen LogP contribution in [0.15, 0.2) is 29.2 Å². The van der Waals surface area contributed by atoms with Crippen molar-refractivity contribution in [2.24, 2.45) is 0 Å². The Morgan fingerprint density at radius 1 is 1.36 bits per heavy atom. The fourth-order valence-corrected chi connectivity index (χ4v) is 1.82. The molecule has 1 unspecified atom stereocenters. The van der Waals surface area contributed by atoms with Gasteiger partial charge in [-0.15, -0.1) is 11.8 Å². The SMILES string of the molecule is CNCC(CO)c1ccc(SC)cc1. The molecular weight excluding hydrogens is 194 g/mol. The maximum atomic E-state index is 9.19. The number of aliphatic hydroxyl groups excluding tert-OH is 1. The molecule has 0 radical (unpaired) electrons. The van der Waals surface area contributed by atoms with E-state index in [-0.39, 0.29) is 12.5 Å². The minimum atomic E-state index is 0.194. The van der Waals surface area contributed by atoms with E-state index in [1.165, 1.54) is 10.5 Å². The van der Waals surface area contributed by atoms with Crippen LogP contribution >= 0.6 is 11.8 Å². The van der Waals surface area contributed by atoms with Gasteiger partial charge >= 0.3 is 0 Å². The molecule has 1 aromatic rings. The summed E-state index contributed by atoms with van der Waals surface area (Å²) < 4.78 is 0. The predicted molar refractivity (Wildman–Crippen MR) is 62.0 cm³/mol. The van der Waals surface area contributed by atoms with Gasteiger partial charge in [0.15, 0.2) is 0 Å². The van der Waals surface area contributed by atoms with E-state index in [0.717, 1.165) is 6.54 Å². The highest BCUT2D eigenvalue weighted by atomic mass is 32.2. The fraction of sp³-hybridized carbons (Fsp3) is 0.455. The number of likely N-dealkylation sites (N-methyl/N-ethyl adjacent to an activating group) is 1. The highest BCUT2D eigenvalue weighted by Gasteiger charge is 2.08. The molecule has 0 bridgehead atoms. The molecule has 1 atom stereocenters. The summed E-state index contributed by atoms with van der Waals surface area (Å²) in [6.07, 6.45) is 2.06. The number of nitrogens with one attached hydrogen (secondary N) is 1. The molecule has 0 fully saturated rings. The predicted octanol–water partition coefficient (Wildman–Crippen LogP) is 1.70. The van der Waals surface area contributed by atoms with Crippen LogP contribution < -0.4 is 5.32 Å². The van der Waals surface area contributed by atoms with E-state index >= 15 is 0 Å². The molecule has 0 saturated heterocycles. The van der Waals surface area contributed by atoms with E-state index in [2.05, 4.69) is 35.8 Å². The highest BCUT2D eigenvalue weighted by molar-refractivity contribution is 7.98. The first-order valence-electron chi connectivity index (χ1n) is 4.71. The Hall–Kier alpha value is -0.510. The molecule has 14 heavy (non-hydrogen) atoms. The zero-order valence-corrected chi connectivity index (χ0v) is 9.47. The third-order valence-electron chi connectivity index (χ3n) is 2.26.